The van der Waals surface area contributed by atoms with Crippen molar-refractivity contribution in [1.82, 2.24) is 4.72 Å². The third-order valence-electron chi connectivity index (χ3n) is 5.45. The summed E-state index contributed by atoms with van der Waals surface area (Å²) in [6, 6.07) is 20.3. The fraction of sp³-hybridized carbons (Fsp3) is 0.250. The predicted octanol–water partition coefficient (Wildman–Crippen LogP) is 3.98. The Kier molecular flexibility index (Phi) is 5.99. The van der Waals surface area contributed by atoms with E-state index in [2.05, 4.69) is 22.3 Å². The number of para-hydroxylation sites is 2. The van der Waals surface area contributed by atoms with E-state index in [9.17, 15) is 8.42 Å². The summed E-state index contributed by atoms with van der Waals surface area (Å²) in [7, 11) is -0.548. The van der Waals surface area contributed by atoms with Crippen LogP contribution in [-0.4, -0.2) is 28.3 Å². The monoisotopic (exact) mass is 453 g/mol. The van der Waals surface area contributed by atoms with E-state index < -0.39 is 10.0 Å². The molecule has 0 unspecified atom stereocenters. The Morgan fingerprint density at radius 2 is 1.44 bits per heavy atom. The Hall–Kier alpha value is -3.23. The van der Waals surface area contributed by atoms with Crippen LogP contribution in [0.2, 0.25) is 0 Å². The average Bonchev–Trinajstić information content (AvgIpc) is 3.13. The van der Waals surface area contributed by atoms with E-state index in [4.69, 9.17) is 9.47 Å². The van der Waals surface area contributed by atoms with Gasteiger partial charge in [0.1, 0.15) is 5.66 Å². The van der Waals surface area contributed by atoms with Crippen LogP contribution in [0, 0.1) is 0 Å². The van der Waals surface area contributed by atoms with Crippen LogP contribution in [0.25, 0.3) is 0 Å². The molecule has 0 saturated heterocycles. The molecule has 3 N–H and O–H groups in total. The zero-order valence-electron chi connectivity index (χ0n) is 18.3. The summed E-state index contributed by atoms with van der Waals surface area (Å²) >= 11 is 0. The number of methoxy groups -OCH3 is 2. The molecule has 8 heteroatoms. The number of hydrogen-bond acceptors (Lipinski definition) is 6. The second-order valence-electron chi connectivity index (χ2n) is 7.96. The van der Waals surface area contributed by atoms with Crippen molar-refractivity contribution in [3.63, 3.8) is 0 Å². The summed E-state index contributed by atoms with van der Waals surface area (Å²) in [6.45, 7) is 2.23. The molecule has 168 valence electrons. The smallest absolute Gasteiger partial charge is 0.240 e. The van der Waals surface area contributed by atoms with Gasteiger partial charge < -0.3 is 20.1 Å². The normalized spacial score (nSPS) is 14.2. The first-order chi connectivity index (χ1) is 15.3. The van der Waals surface area contributed by atoms with Gasteiger partial charge in [-0.3, -0.25) is 0 Å². The van der Waals surface area contributed by atoms with Crippen molar-refractivity contribution in [3.05, 3.63) is 77.9 Å². The van der Waals surface area contributed by atoms with Crippen molar-refractivity contribution in [2.45, 2.75) is 30.4 Å². The highest BCUT2D eigenvalue weighted by atomic mass is 32.2. The standard InChI is InChI=1S/C24H27N3O4S/c1-24(26-20-6-4-5-7-21(20)27-24)15-17-8-11-19(12-9-17)32(28,29)25-16-18-10-13-22(30-2)23(14-18)31-3/h4-14,25-27H,15-16H2,1-3H3. The Bertz CT molecular complexity index is 1190. The molecule has 1 heterocycles. The van der Waals surface area contributed by atoms with Crippen molar-refractivity contribution in [3.8, 4) is 11.5 Å². The van der Waals surface area contributed by atoms with Gasteiger partial charge in [-0.05, 0) is 54.4 Å². The van der Waals surface area contributed by atoms with E-state index in [1.54, 1.807) is 44.6 Å². The van der Waals surface area contributed by atoms with Crippen molar-refractivity contribution in [2.24, 2.45) is 0 Å². The van der Waals surface area contributed by atoms with Crippen LogP contribution in [0.5, 0.6) is 11.5 Å². The second kappa shape index (κ2) is 8.72. The van der Waals surface area contributed by atoms with Crippen LogP contribution in [0.1, 0.15) is 18.1 Å². The van der Waals surface area contributed by atoms with Gasteiger partial charge in [0.15, 0.2) is 11.5 Å². The van der Waals surface area contributed by atoms with Crippen LogP contribution in [0.4, 0.5) is 11.4 Å². The highest BCUT2D eigenvalue weighted by molar-refractivity contribution is 7.89. The lowest BCUT2D eigenvalue weighted by Gasteiger charge is -2.26. The molecule has 7 nitrogen and oxygen atoms in total. The summed E-state index contributed by atoms with van der Waals surface area (Å²) in [5, 5.41) is 7.00. The number of ether oxygens (including phenoxy) is 2. The summed E-state index contributed by atoms with van der Waals surface area (Å²) in [6.07, 6.45) is 0.696. The van der Waals surface area contributed by atoms with Crippen LogP contribution in [0.3, 0.4) is 0 Å². The number of benzene rings is 3. The zero-order valence-corrected chi connectivity index (χ0v) is 19.1. The third kappa shape index (κ3) is 4.66. The molecular weight excluding hydrogens is 426 g/mol. The summed E-state index contributed by atoms with van der Waals surface area (Å²) in [4.78, 5) is 0.225. The number of hydrogen-bond donors (Lipinski definition) is 3. The largest absolute Gasteiger partial charge is 0.493 e. The van der Waals surface area contributed by atoms with Crippen molar-refractivity contribution < 1.29 is 17.9 Å². The Morgan fingerprint density at radius 1 is 0.844 bits per heavy atom. The van der Waals surface area contributed by atoms with Gasteiger partial charge in [-0.1, -0.05) is 30.3 Å². The molecule has 0 saturated carbocycles. The quantitative estimate of drug-likeness (QED) is 0.478. The maximum atomic E-state index is 12.8. The van der Waals surface area contributed by atoms with E-state index in [1.165, 1.54) is 0 Å². The summed E-state index contributed by atoms with van der Waals surface area (Å²) in [5.74, 6) is 1.15. The molecule has 0 amide bonds. The van der Waals surface area contributed by atoms with Crippen LogP contribution < -0.4 is 24.8 Å². The number of sulfonamides is 1. The van der Waals surface area contributed by atoms with E-state index in [0.717, 1.165) is 22.5 Å². The molecule has 3 aromatic carbocycles. The molecule has 4 rings (SSSR count). The van der Waals surface area contributed by atoms with Crippen LogP contribution in [-0.2, 0) is 23.0 Å². The fourth-order valence-electron chi connectivity index (χ4n) is 3.86. The molecule has 1 aliphatic rings. The highest BCUT2D eigenvalue weighted by Crippen LogP contribution is 2.35. The lowest BCUT2D eigenvalue weighted by Crippen LogP contribution is -2.40. The van der Waals surface area contributed by atoms with Gasteiger partial charge in [0.25, 0.3) is 0 Å². The van der Waals surface area contributed by atoms with Crippen LogP contribution in [0.15, 0.2) is 71.6 Å². The van der Waals surface area contributed by atoms with Crippen LogP contribution >= 0.6 is 0 Å². The first kappa shape index (κ1) is 22.0. The van der Waals surface area contributed by atoms with Crippen molar-refractivity contribution in [1.29, 1.82) is 0 Å². The van der Waals surface area contributed by atoms with Gasteiger partial charge in [-0.25, -0.2) is 13.1 Å². The van der Waals surface area contributed by atoms with Crippen molar-refractivity contribution in [2.75, 3.05) is 24.9 Å². The molecule has 0 bridgehead atoms. The summed E-state index contributed by atoms with van der Waals surface area (Å²) in [5.41, 5.74) is 3.59. The first-order valence-electron chi connectivity index (χ1n) is 10.3. The molecule has 0 aromatic heterocycles. The lowest BCUT2D eigenvalue weighted by molar-refractivity contribution is 0.354. The van der Waals surface area contributed by atoms with E-state index in [0.29, 0.717) is 17.9 Å². The Balaban J connectivity index is 1.41. The maximum absolute atomic E-state index is 12.8. The molecular formula is C24H27N3O4S. The Morgan fingerprint density at radius 3 is 2.03 bits per heavy atom. The maximum Gasteiger partial charge on any atom is 0.240 e. The van der Waals surface area contributed by atoms with Gasteiger partial charge in [0, 0.05) is 13.0 Å². The molecule has 3 aromatic rings. The van der Waals surface area contributed by atoms with E-state index in [1.807, 2.05) is 36.4 Å². The predicted molar refractivity (Wildman–Crippen MR) is 126 cm³/mol. The molecule has 0 spiro atoms. The molecule has 1 aliphatic heterocycles. The fourth-order valence-corrected chi connectivity index (χ4v) is 4.88. The minimum Gasteiger partial charge on any atom is -0.493 e. The minimum absolute atomic E-state index is 0.147. The molecule has 32 heavy (non-hydrogen) atoms. The average molecular weight is 454 g/mol. The third-order valence-corrected chi connectivity index (χ3v) is 6.87. The number of anilines is 2. The highest BCUT2D eigenvalue weighted by Gasteiger charge is 2.31. The molecule has 0 aliphatic carbocycles. The molecule has 0 radical (unpaired) electrons. The van der Waals surface area contributed by atoms with Gasteiger partial charge in [0.2, 0.25) is 10.0 Å². The number of nitrogens with one attached hydrogen (secondary N) is 3. The molecule has 0 fully saturated rings. The number of fused-ring (bicyclic) bond motifs is 1. The SMILES string of the molecule is COc1ccc(CNS(=O)(=O)c2ccc(CC3(C)Nc4ccccc4N3)cc2)cc1OC. The Labute approximate surface area is 188 Å². The molecule has 0 atom stereocenters. The summed E-state index contributed by atoms with van der Waals surface area (Å²) < 4.78 is 38.7. The van der Waals surface area contributed by atoms with Gasteiger partial charge in [-0.15, -0.1) is 0 Å². The second-order valence-corrected chi connectivity index (χ2v) is 9.73. The van der Waals surface area contributed by atoms with Gasteiger partial charge in [0.05, 0.1) is 30.5 Å². The van der Waals surface area contributed by atoms with Gasteiger partial charge in [-0.2, -0.15) is 0 Å². The first-order valence-corrected chi connectivity index (χ1v) is 11.8. The minimum atomic E-state index is -3.65. The topological polar surface area (TPSA) is 88.7 Å². The number of rotatable bonds is 8. The zero-order chi connectivity index (χ0) is 22.8. The lowest BCUT2D eigenvalue weighted by atomic mass is 10.0. The van der Waals surface area contributed by atoms with Crippen molar-refractivity contribution >= 4 is 21.4 Å². The van der Waals surface area contributed by atoms with E-state index >= 15 is 0 Å². The van der Waals surface area contributed by atoms with Gasteiger partial charge >= 0.3 is 0 Å². The van der Waals surface area contributed by atoms with E-state index in [-0.39, 0.29) is 17.1 Å².